The number of likely N-dealkylation sites (tertiary alicyclic amines) is 1. The average molecular weight is 519 g/mol. The minimum absolute atomic E-state index is 0.132. The molecule has 1 amide bonds. The zero-order valence-corrected chi connectivity index (χ0v) is 22.8. The van der Waals surface area contributed by atoms with Crippen molar-refractivity contribution in [3.8, 4) is 0 Å². The summed E-state index contributed by atoms with van der Waals surface area (Å²) in [7, 11) is 0. The van der Waals surface area contributed by atoms with E-state index < -0.39 is 5.60 Å². The highest BCUT2D eigenvalue weighted by atomic mass is 35.5. The fourth-order valence-electron chi connectivity index (χ4n) is 5.61. The van der Waals surface area contributed by atoms with Crippen LogP contribution in [0.1, 0.15) is 74.2 Å². The van der Waals surface area contributed by atoms with Crippen LogP contribution in [0, 0.1) is 12.8 Å². The summed E-state index contributed by atoms with van der Waals surface area (Å²) in [6, 6.07) is 10.5. The molecule has 0 radical (unpaired) electrons. The lowest BCUT2D eigenvalue weighted by atomic mass is 9.76. The van der Waals surface area contributed by atoms with E-state index in [1.807, 2.05) is 63.3 Å². The number of nitrogens with zero attached hydrogens (tertiary/aromatic N) is 4. The molecule has 0 N–H and O–H groups in total. The van der Waals surface area contributed by atoms with Gasteiger partial charge >= 0.3 is 6.09 Å². The summed E-state index contributed by atoms with van der Waals surface area (Å²) in [6.07, 6.45) is 10.5. The first-order valence-electron chi connectivity index (χ1n) is 13.1. The number of pyridine rings is 1. The highest BCUT2D eigenvalue weighted by molar-refractivity contribution is 6.30. The van der Waals surface area contributed by atoms with Gasteiger partial charge in [0.05, 0.1) is 5.69 Å². The lowest BCUT2D eigenvalue weighted by Crippen LogP contribution is -2.42. The third-order valence-corrected chi connectivity index (χ3v) is 7.64. The van der Waals surface area contributed by atoms with Crippen LogP contribution in [0.5, 0.6) is 0 Å². The van der Waals surface area contributed by atoms with Crippen molar-refractivity contribution < 1.29 is 9.53 Å². The van der Waals surface area contributed by atoms with Crippen LogP contribution in [0.3, 0.4) is 0 Å². The summed E-state index contributed by atoms with van der Waals surface area (Å²) in [6.45, 7) is 9.97. The van der Waals surface area contributed by atoms with E-state index in [1.54, 1.807) is 0 Å². The number of hydrogen-bond donors (Lipinski definition) is 0. The van der Waals surface area contributed by atoms with Gasteiger partial charge in [-0.05, 0) is 99.4 Å². The van der Waals surface area contributed by atoms with Gasteiger partial charge in [0.1, 0.15) is 11.4 Å². The number of imidazole rings is 1. The SMILES string of the molecule is Cc1nccn1CCC1=Cc2cccnc2C(C2CCN(C(=O)OC(C)(C)C)CC2)c2ccc(Cl)cc21. The molecule has 1 saturated heterocycles. The predicted molar refractivity (Wildman–Crippen MR) is 148 cm³/mol. The smallest absolute Gasteiger partial charge is 0.410 e. The number of aryl methyl sites for hydroxylation is 2. The van der Waals surface area contributed by atoms with E-state index in [9.17, 15) is 4.79 Å². The number of piperidine rings is 1. The number of halogens is 1. The van der Waals surface area contributed by atoms with Gasteiger partial charge in [-0.25, -0.2) is 9.78 Å². The molecule has 2 aromatic heterocycles. The minimum Gasteiger partial charge on any atom is -0.444 e. The molecule has 5 rings (SSSR count). The molecule has 3 aromatic rings. The number of rotatable bonds is 4. The Morgan fingerprint density at radius 1 is 1.14 bits per heavy atom. The Morgan fingerprint density at radius 3 is 2.62 bits per heavy atom. The summed E-state index contributed by atoms with van der Waals surface area (Å²) < 4.78 is 7.81. The molecule has 37 heavy (non-hydrogen) atoms. The van der Waals surface area contributed by atoms with Gasteiger partial charge in [0.25, 0.3) is 0 Å². The molecule has 3 heterocycles. The van der Waals surface area contributed by atoms with Crippen LogP contribution in [-0.4, -0.2) is 44.2 Å². The Hall–Kier alpha value is -3.12. The van der Waals surface area contributed by atoms with Crippen molar-refractivity contribution in [3.05, 3.63) is 82.2 Å². The maximum Gasteiger partial charge on any atom is 0.410 e. The van der Waals surface area contributed by atoms with Crippen LogP contribution in [0.15, 0.2) is 48.9 Å². The zero-order valence-electron chi connectivity index (χ0n) is 22.1. The number of hydrogen-bond acceptors (Lipinski definition) is 4. The summed E-state index contributed by atoms with van der Waals surface area (Å²) in [5.74, 6) is 1.50. The number of aromatic nitrogens is 3. The Bertz CT molecular complexity index is 1320. The molecule has 6 nitrogen and oxygen atoms in total. The molecule has 0 spiro atoms. The number of ether oxygens (including phenoxy) is 1. The molecule has 0 bridgehead atoms. The molecule has 1 atom stereocenters. The summed E-state index contributed by atoms with van der Waals surface area (Å²) in [5, 5.41) is 0.737. The fraction of sp³-hybridized carbons (Fsp3) is 0.433. The van der Waals surface area contributed by atoms with Gasteiger partial charge in [-0.3, -0.25) is 4.98 Å². The number of benzene rings is 1. The number of carbonyl (C=O) groups is 1. The summed E-state index contributed by atoms with van der Waals surface area (Å²) in [4.78, 5) is 23.8. The standard InChI is InChI=1S/C30H35ClN4O2/c1-20-32-13-17-34(20)14-11-22-18-23-6-5-12-33-28(23)27(25-8-7-24(31)19-26(22)25)21-9-15-35(16-10-21)29(36)37-30(2,3)4/h5-8,12-13,17-19,21,27H,9-11,14-16H2,1-4H3. The Balaban J connectivity index is 1.46. The van der Waals surface area contributed by atoms with Crippen molar-refractivity contribution in [3.63, 3.8) is 0 Å². The Kier molecular flexibility index (Phi) is 7.13. The number of allylic oxidation sites excluding steroid dienone is 1. The minimum atomic E-state index is -0.492. The molecule has 1 aliphatic carbocycles. The van der Waals surface area contributed by atoms with Gasteiger partial charge in [0.15, 0.2) is 0 Å². The van der Waals surface area contributed by atoms with E-state index in [0.717, 1.165) is 47.9 Å². The van der Waals surface area contributed by atoms with Crippen molar-refractivity contribution in [2.45, 2.75) is 65.0 Å². The van der Waals surface area contributed by atoms with Gasteiger partial charge < -0.3 is 14.2 Å². The van der Waals surface area contributed by atoms with Gasteiger partial charge in [-0.2, -0.15) is 0 Å². The van der Waals surface area contributed by atoms with Crippen molar-refractivity contribution in [1.29, 1.82) is 0 Å². The first-order valence-corrected chi connectivity index (χ1v) is 13.5. The molecule has 1 fully saturated rings. The van der Waals surface area contributed by atoms with E-state index in [0.29, 0.717) is 19.0 Å². The molecule has 0 saturated carbocycles. The van der Waals surface area contributed by atoms with Crippen molar-refractivity contribution in [2.24, 2.45) is 5.92 Å². The molecule has 1 unspecified atom stereocenters. The van der Waals surface area contributed by atoms with Gasteiger partial charge in [0.2, 0.25) is 0 Å². The quantitative estimate of drug-likeness (QED) is 0.374. The first-order chi connectivity index (χ1) is 17.7. The second kappa shape index (κ2) is 10.3. The van der Waals surface area contributed by atoms with Crippen molar-refractivity contribution in [2.75, 3.05) is 13.1 Å². The van der Waals surface area contributed by atoms with Crippen LogP contribution in [-0.2, 0) is 11.3 Å². The van der Waals surface area contributed by atoms with Crippen LogP contribution in [0.25, 0.3) is 11.6 Å². The maximum atomic E-state index is 12.7. The summed E-state index contributed by atoms with van der Waals surface area (Å²) in [5.41, 5.74) is 5.50. The van der Waals surface area contributed by atoms with E-state index >= 15 is 0 Å². The molecule has 194 valence electrons. The highest BCUT2D eigenvalue weighted by Gasteiger charge is 2.36. The summed E-state index contributed by atoms with van der Waals surface area (Å²) >= 11 is 6.56. The molecule has 2 aliphatic rings. The Morgan fingerprint density at radius 2 is 1.92 bits per heavy atom. The van der Waals surface area contributed by atoms with Crippen molar-refractivity contribution >= 4 is 29.3 Å². The molecular formula is C30H35ClN4O2. The number of fused-ring (bicyclic) bond motifs is 2. The monoisotopic (exact) mass is 518 g/mol. The third kappa shape index (κ3) is 5.59. The van der Waals surface area contributed by atoms with Crippen LogP contribution >= 0.6 is 11.6 Å². The van der Waals surface area contributed by atoms with E-state index in [4.69, 9.17) is 21.3 Å². The lowest BCUT2D eigenvalue weighted by Gasteiger charge is -2.37. The lowest BCUT2D eigenvalue weighted by molar-refractivity contribution is 0.0178. The molecular weight excluding hydrogens is 484 g/mol. The second-order valence-corrected chi connectivity index (χ2v) is 11.5. The predicted octanol–water partition coefficient (Wildman–Crippen LogP) is 6.96. The van der Waals surface area contributed by atoms with Gasteiger partial charge in [-0.15, -0.1) is 0 Å². The van der Waals surface area contributed by atoms with Crippen LogP contribution in [0.2, 0.25) is 5.02 Å². The third-order valence-electron chi connectivity index (χ3n) is 7.40. The van der Waals surface area contributed by atoms with Crippen molar-refractivity contribution in [1.82, 2.24) is 19.4 Å². The molecule has 1 aliphatic heterocycles. The van der Waals surface area contributed by atoms with E-state index in [-0.39, 0.29) is 12.0 Å². The van der Waals surface area contributed by atoms with Gasteiger partial charge in [-0.1, -0.05) is 23.7 Å². The van der Waals surface area contributed by atoms with Crippen LogP contribution < -0.4 is 0 Å². The highest BCUT2D eigenvalue weighted by Crippen LogP contribution is 2.45. The van der Waals surface area contributed by atoms with E-state index in [1.165, 1.54) is 16.7 Å². The van der Waals surface area contributed by atoms with E-state index in [2.05, 4.69) is 33.8 Å². The second-order valence-electron chi connectivity index (χ2n) is 11.1. The normalized spacial score (nSPS) is 18.0. The molecule has 1 aromatic carbocycles. The number of amides is 1. The fourth-order valence-corrected chi connectivity index (χ4v) is 5.78. The molecule has 7 heteroatoms. The first kappa shape index (κ1) is 25.5. The maximum absolute atomic E-state index is 12.7. The number of carbonyl (C=O) groups excluding carboxylic acids is 1. The topological polar surface area (TPSA) is 60.2 Å². The Labute approximate surface area is 224 Å². The largest absolute Gasteiger partial charge is 0.444 e. The average Bonchev–Trinajstić information content (AvgIpc) is 3.21. The van der Waals surface area contributed by atoms with Gasteiger partial charge in [0, 0.05) is 49.2 Å². The zero-order chi connectivity index (χ0) is 26.2. The van der Waals surface area contributed by atoms with Crippen LogP contribution in [0.4, 0.5) is 4.79 Å².